The molecule has 0 bridgehead atoms. The molecule has 2 aliphatic rings. The Labute approximate surface area is 211 Å². The first-order valence-corrected chi connectivity index (χ1v) is 11.5. The third kappa shape index (κ3) is 4.14. The van der Waals surface area contributed by atoms with E-state index in [2.05, 4.69) is 16.5 Å². The minimum Gasteiger partial charge on any atom is -0.383 e. The number of rotatable bonds is 3. The van der Waals surface area contributed by atoms with Crippen molar-refractivity contribution in [1.82, 2.24) is 15.4 Å². The molecule has 0 saturated carbocycles. The molecule has 1 atom stereocenters. The molecule has 1 aliphatic carbocycles. The fourth-order valence-electron chi connectivity index (χ4n) is 4.41. The first-order valence-electron chi connectivity index (χ1n) is 10.4. The van der Waals surface area contributed by atoms with Gasteiger partial charge in [0.05, 0.1) is 38.9 Å². The van der Waals surface area contributed by atoms with Gasteiger partial charge < -0.3 is 5.73 Å². The van der Waals surface area contributed by atoms with Crippen LogP contribution >= 0.6 is 34.8 Å². The van der Waals surface area contributed by atoms with Crippen LogP contribution in [-0.2, 0) is 4.79 Å². The summed E-state index contributed by atoms with van der Waals surface area (Å²) in [4.78, 5) is 30.5. The highest BCUT2D eigenvalue weighted by Gasteiger charge is 2.45. The van der Waals surface area contributed by atoms with Crippen LogP contribution in [0.15, 0.2) is 59.2 Å². The second-order valence-electron chi connectivity index (χ2n) is 8.91. The monoisotopic (exact) mass is 515 g/mol. The van der Waals surface area contributed by atoms with Crippen LogP contribution in [0.3, 0.4) is 0 Å². The summed E-state index contributed by atoms with van der Waals surface area (Å²) in [6.45, 7) is 3.90. The molecule has 2 aromatic rings. The number of nitrogens with one attached hydrogen (secondary N) is 1. The maximum atomic E-state index is 13.5. The predicted molar refractivity (Wildman–Crippen MR) is 130 cm³/mol. The standard InChI is InChI=1S/C24H20Cl3N5O2/c1-24(2)9-16-19(17(33)10-24)18(12-5-3-7-15(25)20(12)26)14(11-28)22(29)32(16)31-23(34)13-6-4-8-30-21(13)27/h3-8,18H,9-10,29H2,1-2H3,(H,31,34). The largest absolute Gasteiger partial charge is 0.383 e. The number of benzene rings is 1. The molecule has 2 heterocycles. The Morgan fingerprint density at radius 1 is 1.24 bits per heavy atom. The number of hydrogen-bond acceptors (Lipinski definition) is 6. The van der Waals surface area contributed by atoms with Crippen LogP contribution in [0.4, 0.5) is 0 Å². The molecule has 174 valence electrons. The zero-order chi connectivity index (χ0) is 24.8. The van der Waals surface area contributed by atoms with Gasteiger partial charge in [0, 0.05) is 18.2 Å². The van der Waals surface area contributed by atoms with E-state index in [0.717, 1.165) is 0 Å². The molecule has 10 heteroatoms. The van der Waals surface area contributed by atoms with Gasteiger partial charge in [0.25, 0.3) is 5.91 Å². The predicted octanol–water partition coefficient (Wildman–Crippen LogP) is 5.12. The maximum absolute atomic E-state index is 13.5. The van der Waals surface area contributed by atoms with Crippen LogP contribution in [0.1, 0.15) is 48.5 Å². The minimum atomic E-state index is -0.815. The third-order valence-electron chi connectivity index (χ3n) is 5.89. The summed E-state index contributed by atoms with van der Waals surface area (Å²) in [7, 11) is 0. The van der Waals surface area contributed by atoms with E-state index >= 15 is 0 Å². The smallest absolute Gasteiger partial charge is 0.273 e. The topological polar surface area (TPSA) is 112 Å². The number of hydrazine groups is 1. The summed E-state index contributed by atoms with van der Waals surface area (Å²) in [5.41, 5.74) is 10.3. The highest BCUT2D eigenvalue weighted by Crippen LogP contribution is 2.50. The summed E-state index contributed by atoms with van der Waals surface area (Å²) < 4.78 is 0. The van der Waals surface area contributed by atoms with Crippen LogP contribution in [0, 0.1) is 16.7 Å². The molecule has 1 aromatic heterocycles. The molecular formula is C24H20Cl3N5O2. The SMILES string of the molecule is CC1(C)CC(=O)C2=C(C1)N(NC(=O)c1cccnc1Cl)C(N)=C(C#N)C2c1cccc(Cl)c1Cl. The van der Waals surface area contributed by atoms with Gasteiger partial charge in [-0.2, -0.15) is 5.26 Å². The number of amides is 1. The average molecular weight is 517 g/mol. The Bertz CT molecular complexity index is 1330. The number of carbonyl (C=O) groups is 2. The van der Waals surface area contributed by atoms with Crippen molar-refractivity contribution in [3.63, 3.8) is 0 Å². The van der Waals surface area contributed by atoms with Crippen molar-refractivity contribution in [2.45, 2.75) is 32.6 Å². The van der Waals surface area contributed by atoms with E-state index in [4.69, 9.17) is 40.5 Å². The number of nitrogens with zero attached hydrogens (tertiary/aromatic N) is 3. The molecule has 0 spiro atoms. The molecule has 1 amide bonds. The highest BCUT2D eigenvalue weighted by atomic mass is 35.5. The van der Waals surface area contributed by atoms with Crippen molar-refractivity contribution in [1.29, 1.82) is 5.26 Å². The van der Waals surface area contributed by atoms with Gasteiger partial charge >= 0.3 is 0 Å². The number of ketones is 1. The van der Waals surface area contributed by atoms with E-state index in [-0.39, 0.29) is 39.3 Å². The number of nitriles is 1. The van der Waals surface area contributed by atoms with Crippen molar-refractivity contribution in [2.75, 3.05) is 0 Å². The van der Waals surface area contributed by atoms with Crippen molar-refractivity contribution < 1.29 is 9.59 Å². The normalized spacial score (nSPS) is 19.6. The Balaban J connectivity index is 1.91. The molecule has 4 rings (SSSR count). The second-order valence-corrected chi connectivity index (χ2v) is 10.0. The quantitative estimate of drug-likeness (QED) is 0.547. The van der Waals surface area contributed by atoms with Crippen LogP contribution in [0.2, 0.25) is 15.2 Å². The Morgan fingerprint density at radius 3 is 2.65 bits per heavy atom. The van der Waals surface area contributed by atoms with Crippen LogP contribution in [-0.4, -0.2) is 21.7 Å². The van der Waals surface area contributed by atoms with Gasteiger partial charge in [-0.15, -0.1) is 0 Å². The molecule has 0 radical (unpaired) electrons. The fraction of sp³-hybridized carbons (Fsp3) is 0.250. The van der Waals surface area contributed by atoms with Crippen molar-refractivity contribution in [3.05, 3.63) is 85.5 Å². The number of hydrogen-bond donors (Lipinski definition) is 2. The first kappa shape index (κ1) is 24.1. The van der Waals surface area contributed by atoms with E-state index in [1.54, 1.807) is 24.3 Å². The molecule has 1 unspecified atom stereocenters. The van der Waals surface area contributed by atoms with Crippen LogP contribution in [0.5, 0.6) is 0 Å². The first-order chi connectivity index (χ1) is 16.1. The van der Waals surface area contributed by atoms with Gasteiger partial charge in [-0.05, 0) is 35.6 Å². The van der Waals surface area contributed by atoms with E-state index in [1.165, 1.54) is 17.3 Å². The van der Waals surface area contributed by atoms with Crippen molar-refractivity contribution in [3.8, 4) is 6.07 Å². The van der Waals surface area contributed by atoms with Gasteiger partial charge in [0.1, 0.15) is 11.0 Å². The number of carbonyl (C=O) groups excluding carboxylic acids is 2. The number of allylic oxidation sites excluding steroid dienone is 3. The maximum Gasteiger partial charge on any atom is 0.273 e. The lowest BCUT2D eigenvalue weighted by Gasteiger charge is -2.43. The highest BCUT2D eigenvalue weighted by molar-refractivity contribution is 6.42. The lowest BCUT2D eigenvalue weighted by atomic mass is 9.69. The molecule has 1 aromatic carbocycles. The van der Waals surface area contributed by atoms with E-state index < -0.39 is 17.2 Å². The van der Waals surface area contributed by atoms with E-state index in [9.17, 15) is 14.9 Å². The fourth-order valence-corrected chi connectivity index (χ4v) is 5.03. The molecule has 34 heavy (non-hydrogen) atoms. The number of pyridine rings is 1. The molecule has 0 saturated heterocycles. The van der Waals surface area contributed by atoms with Crippen molar-refractivity contribution in [2.24, 2.45) is 11.1 Å². The average Bonchev–Trinajstić information content (AvgIpc) is 2.77. The number of nitrogens with two attached hydrogens (primary N) is 1. The number of halogens is 3. The summed E-state index contributed by atoms with van der Waals surface area (Å²) >= 11 is 18.8. The summed E-state index contributed by atoms with van der Waals surface area (Å²) in [5, 5.41) is 11.9. The zero-order valence-electron chi connectivity index (χ0n) is 18.3. The Morgan fingerprint density at radius 2 is 1.97 bits per heavy atom. The zero-order valence-corrected chi connectivity index (χ0v) is 20.6. The van der Waals surface area contributed by atoms with Gasteiger partial charge in [-0.25, -0.2) is 9.99 Å². The summed E-state index contributed by atoms with van der Waals surface area (Å²) in [6, 6.07) is 10.2. The lowest BCUT2D eigenvalue weighted by molar-refractivity contribution is -0.118. The number of aromatic nitrogens is 1. The van der Waals surface area contributed by atoms with Gasteiger partial charge in [0.2, 0.25) is 0 Å². The van der Waals surface area contributed by atoms with Gasteiger partial charge in [0.15, 0.2) is 5.78 Å². The number of Topliss-reactive ketones (excluding diaryl/α,β-unsaturated/α-hetero) is 1. The van der Waals surface area contributed by atoms with Gasteiger partial charge in [-0.3, -0.25) is 15.0 Å². The Kier molecular flexibility index (Phi) is 6.34. The van der Waals surface area contributed by atoms with Crippen molar-refractivity contribution >= 4 is 46.5 Å². The molecule has 0 fully saturated rings. The van der Waals surface area contributed by atoms with E-state index in [1.807, 2.05) is 13.8 Å². The summed E-state index contributed by atoms with van der Waals surface area (Å²) in [6.07, 6.45) is 2.14. The van der Waals surface area contributed by atoms with Gasteiger partial charge in [-0.1, -0.05) is 60.8 Å². The second kappa shape index (κ2) is 8.95. The van der Waals surface area contributed by atoms with Crippen LogP contribution < -0.4 is 11.2 Å². The van der Waals surface area contributed by atoms with Crippen LogP contribution in [0.25, 0.3) is 0 Å². The molecule has 7 nitrogen and oxygen atoms in total. The molecular weight excluding hydrogens is 497 g/mol. The lowest BCUT2D eigenvalue weighted by Crippen LogP contribution is -2.50. The third-order valence-corrected chi connectivity index (χ3v) is 7.03. The molecule has 1 aliphatic heterocycles. The van der Waals surface area contributed by atoms with E-state index in [0.29, 0.717) is 28.3 Å². The summed E-state index contributed by atoms with van der Waals surface area (Å²) in [5.74, 6) is -1.57. The Hall–Kier alpha value is -3.05. The minimum absolute atomic E-state index is 0.0120. The molecule has 3 N–H and O–H groups in total.